The van der Waals surface area contributed by atoms with E-state index in [4.69, 9.17) is 0 Å². The Kier molecular flexibility index (Phi) is 3.54. The maximum atomic E-state index is 4.17. The zero-order chi connectivity index (χ0) is 9.52. The van der Waals surface area contributed by atoms with Gasteiger partial charge in [0.15, 0.2) is 0 Å². The molecule has 0 saturated heterocycles. The summed E-state index contributed by atoms with van der Waals surface area (Å²) >= 11 is 0. The van der Waals surface area contributed by atoms with Crippen molar-refractivity contribution >= 4 is 0 Å². The molecule has 0 spiro atoms. The summed E-state index contributed by atoms with van der Waals surface area (Å²) in [6.07, 6.45) is 1.25. The molecule has 0 heteroatoms. The van der Waals surface area contributed by atoms with E-state index in [1.807, 2.05) is 0 Å². The van der Waals surface area contributed by atoms with Crippen molar-refractivity contribution in [1.29, 1.82) is 0 Å². The van der Waals surface area contributed by atoms with Crippen molar-refractivity contribution in [2.45, 2.75) is 48.5 Å². The fourth-order valence-electron chi connectivity index (χ4n) is 2.16. The maximum absolute atomic E-state index is 4.17. The highest BCUT2D eigenvalue weighted by atomic mass is 14.4. The van der Waals surface area contributed by atoms with Crippen LogP contribution < -0.4 is 0 Å². The summed E-state index contributed by atoms with van der Waals surface area (Å²) in [6, 6.07) is 0. The first-order valence-electron chi connectivity index (χ1n) is 4.73. The van der Waals surface area contributed by atoms with Crippen LogP contribution in [0.2, 0.25) is 0 Å². The van der Waals surface area contributed by atoms with Gasteiger partial charge in [0, 0.05) is 0 Å². The summed E-state index contributed by atoms with van der Waals surface area (Å²) in [4.78, 5) is 0. The molecule has 0 radical (unpaired) electrons. The molecule has 1 rings (SSSR count). The van der Waals surface area contributed by atoms with E-state index in [1.165, 1.54) is 23.1 Å². The lowest BCUT2D eigenvalue weighted by Gasteiger charge is -2.37. The molecule has 0 saturated carbocycles. The van der Waals surface area contributed by atoms with E-state index < -0.39 is 0 Å². The molecule has 76 valence electrons. The Bertz CT molecular complexity index is 241. The molecule has 1 aliphatic carbocycles. The van der Waals surface area contributed by atoms with Crippen LogP contribution in [0.5, 0.6) is 0 Å². The fraction of sp³-hybridized carbons (Fsp3) is 0.692. The number of rotatable bonds is 0. The molecule has 0 N–H and O–H groups in total. The molecule has 1 aliphatic rings. The fourth-order valence-corrected chi connectivity index (χ4v) is 2.16. The van der Waals surface area contributed by atoms with Gasteiger partial charge in [-0.3, -0.25) is 0 Å². The van der Waals surface area contributed by atoms with Crippen LogP contribution in [0, 0.1) is 11.3 Å². The Balaban J connectivity index is 0.00000144. The van der Waals surface area contributed by atoms with Crippen LogP contribution in [0.1, 0.15) is 48.5 Å². The van der Waals surface area contributed by atoms with Gasteiger partial charge in [-0.05, 0) is 42.7 Å². The van der Waals surface area contributed by atoms with Gasteiger partial charge in [0.1, 0.15) is 0 Å². The van der Waals surface area contributed by atoms with Crippen LogP contribution in [0.4, 0.5) is 0 Å². The average Bonchev–Trinajstić information content (AvgIpc) is 1.97. The normalized spacial score (nSPS) is 27.2. The van der Waals surface area contributed by atoms with Gasteiger partial charge in [-0.1, -0.05) is 40.3 Å². The lowest BCUT2D eigenvalue weighted by molar-refractivity contribution is 0.340. The highest BCUT2D eigenvalue weighted by molar-refractivity contribution is 5.39. The number of hydrogen-bond acceptors (Lipinski definition) is 0. The second kappa shape index (κ2) is 3.69. The average molecular weight is 180 g/mol. The lowest BCUT2D eigenvalue weighted by atomic mass is 9.68. The van der Waals surface area contributed by atoms with Gasteiger partial charge in [-0.25, -0.2) is 0 Å². The molecule has 0 nitrogen and oxygen atoms in total. The second-order valence-electron chi connectivity index (χ2n) is 4.78. The molecule has 0 aromatic heterocycles. The van der Waals surface area contributed by atoms with Gasteiger partial charge in [-0.15, -0.1) is 0 Å². The summed E-state index contributed by atoms with van der Waals surface area (Å²) in [5, 5.41) is 0. The third kappa shape index (κ3) is 2.04. The topological polar surface area (TPSA) is 0 Å². The van der Waals surface area contributed by atoms with Crippen molar-refractivity contribution < 1.29 is 0 Å². The Labute approximate surface area is 83.7 Å². The van der Waals surface area contributed by atoms with Crippen LogP contribution in [0.3, 0.4) is 0 Å². The minimum atomic E-state index is 0. The third-order valence-electron chi connectivity index (χ3n) is 3.42. The van der Waals surface area contributed by atoms with E-state index in [-0.39, 0.29) is 7.43 Å². The van der Waals surface area contributed by atoms with E-state index in [1.54, 1.807) is 0 Å². The molecular formula is C13H24. The van der Waals surface area contributed by atoms with Gasteiger partial charge >= 0.3 is 0 Å². The number of allylic oxidation sites excluding steroid dienone is 3. The van der Waals surface area contributed by atoms with Crippen LogP contribution in [0.25, 0.3) is 0 Å². The van der Waals surface area contributed by atoms with E-state index in [9.17, 15) is 0 Å². The molecule has 0 aliphatic heterocycles. The molecule has 0 bridgehead atoms. The van der Waals surface area contributed by atoms with Gasteiger partial charge in [-0.2, -0.15) is 0 Å². The minimum Gasteiger partial charge on any atom is -0.0950 e. The molecule has 0 heterocycles. The van der Waals surface area contributed by atoms with E-state index in [0.717, 1.165) is 5.92 Å². The quantitative estimate of drug-likeness (QED) is 0.512. The number of hydrogen-bond donors (Lipinski definition) is 0. The monoisotopic (exact) mass is 180 g/mol. The van der Waals surface area contributed by atoms with E-state index in [2.05, 4.69) is 41.2 Å². The summed E-state index contributed by atoms with van der Waals surface area (Å²) in [7, 11) is 0. The summed E-state index contributed by atoms with van der Waals surface area (Å²) < 4.78 is 0. The van der Waals surface area contributed by atoms with Gasteiger partial charge in [0.2, 0.25) is 0 Å². The van der Waals surface area contributed by atoms with Gasteiger partial charge < -0.3 is 0 Å². The zero-order valence-electron chi connectivity index (χ0n) is 8.99. The second-order valence-corrected chi connectivity index (χ2v) is 4.78. The first-order valence-corrected chi connectivity index (χ1v) is 4.73. The molecule has 1 unspecified atom stereocenters. The Hall–Kier alpha value is -0.520. The molecular weight excluding hydrogens is 156 g/mol. The first kappa shape index (κ1) is 12.5. The standard InChI is InChI=1S/C12H20.CH4/c1-8-7-12(5,6)11(4)10(3)9(8)2;/h8H,4,7H2,1-3,5-6H3;1H4. The largest absolute Gasteiger partial charge is 0.0950 e. The SMILES string of the molecule is C.C=C1C(C)=C(C)C(C)CC1(C)C. The van der Waals surface area contributed by atoms with Crippen molar-refractivity contribution in [2.75, 3.05) is 0 Å². The van der Waals surface area contributed by atoms with Crippen LogP contribution in [0.15, 0.2) is 23.3 Å². The molecule has 0 amide bonds. The predicted molar refractivity (Wildman–Crippen MR) is 61.8 cm³/mol. The maximum Gasteiger partial charge on any atom is -0.0101 e. The predicted octanol–water partition coefficient (Wildman–Crippen LogP) is 4.58. The van der Waals surface area contributed by atoms with Crippen LogP contribution in [-0.4, -0.2) is 0 Å². The summed E-state index contributed by atoms with van der Waals surface area (Å²) in [5.41, 5.74) is 4.60. The van der Waals surface area contributed by atoms with Crippen molar-refractivity contribution in [3.05, 3.63) is 23.3 Å². The smallest absolute Gasteiger partial charge is 0.0101 e. The highest BCUT2D eigenvalue weighted by Gasteiger charge is 2.31. The molecule has 0 aromatic carbocycles. The van der Waals surface area contributed by atoms with E-state index >= 15 is 0 Å². The van der Waals surface area contributed by atoms with Gasteiger partial charge in [0.25, 0.3) is 0 Å². The Morgan fingerprint density at radius 2 is 1.77 bits per heavy atom. The summed E-state index contributed by atoms with van der Waals surface area (Å²) in [5.74, 6) is 0.727. The summed E-state index contributed by atoms with van der Waals surface area (Å²) in [6.45, 7) is 15.5. The Morgan fingerprint density at radius 1 is 1.31 bits per heavy atom. The van der Waals surface area contributed by atoms with Crippen molar-refractivity contribution in [3.63, 3.8) is 0 Å². The highest BCUT2D eigenvalue weighted by Crippen LogP contribution is 2.44. The molecule has 0 aromatic rings. The lowest BCUT2D eigenvalue weighted by Crippen LogP contribution is -2.24. The molecule has 0 fully saturated rings. The minimum absolute atomic E-state index is 0. The first-order chi connectivity index (χ1) is 5.36. The molecule has 13 heavy (non-hydrogen) atoms. The van der Waals surface area contributed by atoms with Crippen molar-refractivity contribution in [3.8, 4) is 0 Å². The van der Waals surface area contributed by atoms with Crippen molar-refractivity contribution in [2.24, 2.45) is 11.3 Å². The van der Waals surface area contributed by atoms with Crippen LogP contribution >= 0.6 is 0 Å². The molecule has 1 atom stereocenters. The van der Waals surface area contributed by atoms with Crippen molar-refractivity contribution in [1.82, 2.24) is 0 Å². The zero-order valence-corrected chi connectivity index (χ0v) is 8.99. The van der Waals surface area contributed by atoms with Gasteiger partial charge in [0.05, 0.1) is 0 Å². The third-order valence-corrected chi connectivity index (χ3v) is 3.42. The van der Waals surface area contributed by atoms with E-state index in [0.29, 0.717) is 5.41 Å². The Morgan fingerprint density at radius 3 is 2.23 bits per heavy atom. The van der Waals surface area contributed by atoms with Crippen LogP contribution in [-0.2, 0) is 0 Å².